The number of nitrogens with zero attached hydrogens (tertiary/aromatic N) is 5. The number of aromatic nitrogens is 5. The molecule has 4 aromatic rings. The molecule has 0 saturated carbocycles. The van der Waals surface area contributed by atoms with Gasteiger partial charge >= 0.3 is 0 Å². The first-order chi connectivity index (χ1) is 13.8. The average molecular weight is 393 g/mol. The maximum atomic E-state index is 6.20. The van der Waals surface area contributed by atoms with E-state index in [9.17, 15) is 0 Å². The second kappa shape index (κ2) is 7.34. The van der Waals surface area contributed by atoms with Crippen molar-refractivity contribution in [3.8, 4) is 0 Å². The molecule has 0 spiro atoms. The molecule has 1 fully saturated rings. The molecule has 0 amide bonds. The molecule has 0 bridgehead atoms. The highest BCUT2D eigenvalue weighted by Crippen LogP contribution is 2.31. The summed E-state index contributed by atoms with van der Waals surface area (Å²) < 4.78 is 11.5. The zero-order valence-electron chi connectivity index (χ0n) is 15.0. The number of nitrogens with one attached hydrogen (secondary N) is 1. The zero-order chi connectivity index (χ0) is 18.9. The normalized spacial score (nSPS) is 19.6. The molecular formula is C19H19N7OS. The van der Waals surface area contributed by atoms with Crippen LogP contribution in [0.4, 0.5) is 5.82 Å². The summed E-state index contributed by atoms with van der Waals surface area (Å²) in [7, 11) is 0. The van der Waals surface area contributed by atoms with Crippen LogP contribution < -0.4 is 10.5 Å². The van der Waals surface area contributed by atoms with E-state index in [0.29, 0.717) is 17.0 Å². The van der Waals surface area contributed by atoms with E-state index in [-0.39, 0.29) is 12.3 Å². The summed E-state index contributed by atoms with van der Waals surface area (Å²) in [5.41, 5.74) is 8.20. The molecule has 28 heavy (non-hydrogen) atoms. The van der Waals surface area contributed by atoms with Gasteiger partial charge in [0.1, 0.15) is 18.1 Å². The number of nitrogens with two attached hydrogens (primary N) is 1. The summed E-state index contributed by atoms with van der Waals surface area (Å²) in [4.78, 5) is 18.1. The van der Waals surface area contributed by atoms with Gasteiger partial charge in [0.2, 0.25) is 0 Å². The Morgan fingerprint density at radius 3 is 3.11 bits per heavy atom. The molecule has 1 saturated heterocycles. The van der Waals surface area contributed by atoms with Gasteiger partial charge in [-0.2, -0.15) is 0 Å². The van der Waals surface area contributed by atoms with Crippen molar-refractivity contribution in [1.29, 1.82) is 0 Å². The molecular weight excluding hydrogens is 374 g/mol. The number of anilines is 1. The monoisotopic (exact) mass is 393 g/mol. The summed E-state index contributed by atoms with van der Waals surface area (Å²) in [6, 6.07) is 10.3. The van der Waals surface area contributed by atoms with Crippen molar-refractivity contribution in [2.24, 2.45) is 0 Å². The van der Waals surface area contributed by atoms with Gasteiger partial charge in [0.25, 0.3) is 0 Å². The summed E-state index contributed by atoms with van der Waals surface area (Å²) in [6.07, 6.45) is 6.93. The van der Waals surface area contributed by atoms with Crippen LogP contribution in [-0.2, 0) is 4.74 Å². The molecule has 5 rings (SSSR count). The van der Waals surface area contributed by atoms with Crippen LogP contribution in [0.15, 0.2) is 54.1 Å². The summed E-state index contributed by atoms with van der Waals surface area (Å²) in [5.74, 6) is 0.390. The number of ether oxygens (including phenoxy) is 1. The van der Waals surface area contributed by atoms with E-state index in [1.54, 1.807) is 18.3 Å². The van der Waals surface area contributed by atoms with Crippen molar-refractivity contribution in [2.75, 3.05) is 12.3 Å². The molecule has 4 heterocycles. The van der Waals surface area contributed by atoms with Gasteiger partial charge in [-0.15, -0.1) is 0 Å². The quantitative estimate of drug-likeness (QED) is 0.499. The van der Waals surface area contributed by atoms with E-state index in [0.717, 1.165) is 35.2 Å². The lowest BCUT2D eigenvalue weighted by molar-refractivity contribution is 0.00738. The molecule has 2 unspecified atom stereocenters. The third-order valence-electron chi connectivity index (χ3n) is 4.86. The minimum absolute atomic E-state index is 0.0824. The molecule has 0 radical (unpaired) electrons. The number of imidazole rings is 1. The SMILES string of the molecule is Nc1ncnc2c1ncn2C1CCC(CNSc2ccc3cccnc3c2)O1. The highest BCUT2D eigenvalue weighted by atomic mass is 32.2. The van der Waals surface area contributed by atoms with E-state index >= 15 is 0 Å². The minimum Gasteiger partial charge on any atom is -0.382 e. The van der Waals surface area contributed by atoms with E-state index in [4.69, 9.17) is 10.5 Å². The average Bonchev–Trinajstić information content (AvgIpc) is 3.35. The summed E-state index contributed by atoms with van der Waals surface area (Å²) >= 11 is 1.60. The topological polar surface area (TPSA) is 104 Å². The third-order valence-corrected chi connectivity index (χ3v) is 5.66. The van der Waals surface area contributed by atoms with Crippen molar-refractivity contribution in [1.82, 2.24) is 29.2 Å². The van der Waals surface area contributed by atoms with E-state index < -0.39 is 0 Å². The predicted octanol–water partition coefficient (Wildman–Crippen LogP) is 2.93. The number of fused-ring (bicyclic) bond motifs is 2. The van der Waals surface area contributed by atoms with Gasteiger partial charge in [0, 0.05) is 23.0 Å². The standard InChI is InChI=1S/C19H19N7OS/c20-18-17-19(23-10-22-18)26(11-24-17)16-6-4-13(27-16)9-25-28-14-5-3-12-2-1-7-21-15(12)8-14/h1-3,5,7-8,10-11,13,16,25H,4,6,9H2,(H2,20,22,23). The number of nitrogen functional groups attached to an aromatic ring is 1. The number of pyridine rings is 1. The molecule has 1 aliphatic rings. The first kappa shape index (κ1) is 17.4. The lowest BCUT2D eigenvalue weighted by atomic mass is 10.2. The Labute approximate surface area is 165 Å². The van der Waals surface area contributed by atoms with Crippen molar-refractivity contribution in [3.05, 3.63) is 49.2 Å². The van der Waals surface area contributed by atoms with Gasteiger partial charge in [-0.1, -0.05) is 12.1 Å². The fraction of sp³-hybridized carbons (Fsp3) is 0.263. The van der Waals surface area contributed by atoms with E-state index in [1.807, 2.05) is 16.8 Å². The number of hydrogen-bond donors (Lipinski definition) is 2. The van der Waals surface area contributed by atoms with Crippen LogP contribution >= 0.6 is 11.9 Å². The second-order valence-corrected chi connectivity index (χ2v) is 7.65. The molecule has 8 nitrogen and oxygen atoms in total. The first-order valence-corrected chi connectivity index (χ1v) is 9.92. The van der Waals surface area contributed by atoms with Gasteiger partial charge < -0.3 is 10.5 Å². The number of hydrogen-bond acceptors (Lipinski definition) is 8. The van der Waals surface area contributed by atoms with Gasteiger partial charge in [-0.3, -0.25) is 14.3 Å². The van der Waals surface area contributed by atoms with Gasteiger partial charge in [0.15, 0.2) is 11.5 Å². The Morgan fingerprint density at radius 2 is 2.14 bits per heavy atom. The summed E-state index contributed by atoms with van der Waals surface area (Å²) in [6.45, 7) is 0.755. The highest BCUT2D eigenvalue weighted by Gasteiger charge is 2.28. The lowest BCUT2D eigenvalue weighted by Gasteiger charge is -2.15. The maximum Gasteiger partial charge on any atom is 0.167 e. The highest BCUT2D eigenvalue weighted by molar-refractivity contribution is 7.97. The zero-order valence-corrected chi connectivity index (χ0v) is 15.8. The predicted molar refractivity (Wildman–Crippen MR) is 108 cm³/mol. The molecule has 0 aliphatic carbocycles. The Kier molecular flexibility index (Phi) is 4.55. The number of rotatable bonds is 5. The van der Waals surface area contributed by atoms with E-state index in [1.165, 1.54) is 6.33 Å². The van der Waals surface area contributed by atoms with Gasteiger partial charge in [0.05, 0.1) is 17.9 Å². The maximum absolute atomic E-state index is 6.20. The van der Waals surface area contributed by atoms with Crippen molar-refractivity contribution in [2.45, 2.75) is 30.1 Å². The summed E-state index contributed by atoms with van der Waals surface area (Å²) in [5, 5.41) is 1.14. The van der Waals surface area contributed by atoms with Crippen LogP contribution in [0.2, 0.25) is 0 Å². The van der Waals surface area contributed by atoms with Gasteiger partial charge in [-0.25, -0.2) is 15.0 Å². The third kappa shape index (κ3) is 3.28. The van der Waals surface area contributed by atoms with Crippen molar-refractivity contribution in [3.63, 3.8) is 0 Å². The first-order valence-electron chi connectivity index (χ1n) is 9.11. The van der Waals surface area contributed by atoms with Crippen LogP contribution in [-0.4, -0.2) is 37.2 Å². The van der Waals surface area contributed by atoms with E-state index in [2.05, 4.69) is 48.9 Å². The van der Waals surface area contributed by atoms with Crippen LogP contribution in [0.3, 0.4) is 0 Å². The Morgan fingerprint density at radius 1 is 1.18 bits per heavy atom. The molecule has 142 valence electrons. The molecule has 3 aromatic heterocycles. The molecule has 1 aromatic carbocycles. The molecule has 9 heteroatoms. The Bertz CT molecular complexity index is 1130. The number of benzene rings is 1. The minimum atomic E-state index is -0.0824. The largest absolute Gasteiger partial charge is 0.382 e. The fourth-order valence-electron chi connectivity index (χ4n) is 3.45. The fourth-order valence-corrected chi connectivity index (χ4v) is 4.19. The van der Waals surface area contributed by atoms with Crippen LogP contribution in [0.25, 0.3) is 22.1 Å². The second-order valence-electron chi connectivity index (χ2n) is 6.68. The Balaban J connectivity index is 1.20. The smallest absolute Gasteiger partial charge is 0.167 e. The molecule has 3 N–H and O–H groups in total. The van der Waals surface area contributed by atoms with Crippen molar-refractivity contribution >= 4 is 39.8 Å². The van der Waals surface area contributed by atoms with Crippen LogP contribution in [0.1, 0.15) is 19.1 Å². The van der Waals surface area contributed by atoms with Crippen LogP contribution in [0.5, 0.6) is 0 Å². The van der Waals surface area contributed by atoms with Crippen LogP contribution in [0, 0.1) is 0 Å². The van der Waals surface area contributed by atoms with Gasteiger partial charge in [-0.05, 0) is 43.0 Å². The molecule has 2 atom stereocenters. The Hall–Kier alpha value is -2.75. The molecule has 1 aliphatic heterocycles. The lowest BCUT2D eigenvalue weighted by Crippen LogP contribution is -2.22. The van der Waals surface area contributed by atoms with Crippen molar-refractivity contribution < 1.29 is 4.74 Å².